The van der Waals surface area contributed by atoms with Crippen molar-refractivity contribution in [1.82, 2.24) is 19.9 Å². The molecule has 6 heteroatoms. The van der Waals surface area contributed by atoms with Crippen molar-refractivity contribution >= 4 is 28.6 Å². The maximum atomic E-state index is 6.05. The van der Waals surface area contributed by atoms with E-state index in [1.165, 1.54) is 11.8 Å². The molecule has 0 aliphatic carbocycles. The number of hydrogen-bond acceptors (Lipinski definition) is 6. The fourth-order valence-electron chi connectivity index (χ4n) is 2.05. The van der Waals surface area contributed by atoms with E-state index < -0.39 is 0 Å². The lowest BCUT2D eigenvalue weighted by Gasteiger charge is -2.09. The maximum absolute atomic E-state index is 6.05. The van der Waals surface area contributed by atoms with E-state index in [2.05, 4.69) is 19.9 Å². The maximum Gasteiger partial charge on any atom is 0.189 e. The standard InChI is InChI=1S/C14H13N5S/c1-8-16-12(15)10-11(9-6-4-3-5-7-9)18-14(20-2)19-13(10)17-8/h3-7H,1-2H3,(H2,15,16,17,18,19). The van der Waals surface area contributed by atoms with E-state index in [1.807, 2.05) is 36.6 Å². The molecule has 0 amide bonds. The van der Waals surface area contributed by atoms with Crippen LogP contribution in [0.25, 0.3) is 22.3 Å². The third-order valence-corrected chi connectivity index (χ3v) is 3.45. The van der Waals surface area contributed by atoms with E-state index in [4.69, 9.17) is 5.73 Å². The minimum absolute atomic E-state index is 0.416. The molecule has 1 aromatic carbocycles. The number of anilines is 1. The van der Waals surface area contributed by atoms with Crippen molar-refractivity contribution < 1.29 is 0 Å². The number of rotatable bonds is 2. The highest BCUT2D eigenvalue weighted by Crippen LogP contribution is 2.30. The van der Waals surface area contributed by atoms with Gasteiger partial charge in [-0.3, -0.25) is 0 Å². The lowest BCUT2D eigenvalue weighted by molar-refractivity contribution is 0.975. The minimum atomic E-state index is 0.416. The fourth-order valence-corrected chi connectivity index (χ4v) is 2.41. The molecule has 0 radical (unpaired) electrons. The molecule has 0 saturated heterocycles. The summed E-state index contributed by atoms with van der Waals surface area (Å²) in [6.07, 6.45) is 1.94. The summed E-state index contributed by atoms with van der Waals surface area (Å²) < 4.78 is 0. The van der Waals surface area contributed by atoms with Crippen molar-refractivity contribution in [2.24, 2.45) is 0 Å². The molecule has 3 rings (SSSR count). The SMILES string of the molecule is CSc1nc(-c2ccccc2)c2c(N)nc(C)nc2n1. The third kappa shape index (κ3) is 2.18. The molecule has 3 aromatic rings. The van der Waals surface area contributed by atoms with Crippen molar-refractivity contribution in [3.8, 4) is 11.3 Å². The van der Waals surface area contributed by atoms with Crippen LogP contribution in [0.4, 0.5) is 5.82 Å². The van der Waals surface area contributed by atoms with E-state index in [0.29, 0.717) is 27.8 Å². The summed E-state index contributed by atoms with van der Waals surface area (Å²) in [5.41, 5.74) is 8.40. The highest BCUT2D eigenvalue weighted by molar-refractivity contribution is 7.98. The molecule has 0 aliphatic rings. The molecular formula is C14H13N5S. The van der Waals surface area contributed by atoms with Crippen LogP contribution in [-0.2, 0) is 0 Å². The highest BCUT2D eigenvalue weighted by Gasteiger charge is 2.14. The number of aromatic nitrogens is 4. The lowest BCUT2D eigenvalue weighted by atomic mass is 10.1. The van der Waals surface area contributed by atoms with E-state index in [9.17, 15) is 0 Å². The first-order chi connectivity index (χ1) is 9.69. The molecule has 2 aromatic heterocycles. The number of thioether (sulfide) groups is 1. The monoisotopic (exact) mass is 283 g/mol. The van der Waals surface area contributed by atoms with E-state index >= 15 is 0 Å². The lowest BCUT2D eigenvalue weighted by Crippen LogP contribution is -2.03. The van der Waals surface area contributed by atoms with E-state index in [0.717, 1.165) is 11.3 Å². The second kappa shape index (κ2) is 5.05. The number of nitrogens with zero attached hydrogens (tertiary/aromatic N) is 4. The van der Waals surface area contributed by atoms with Gasteiger partial charge in [0.15, 0.2) is 10.8 Å². The average molecular weight is 283 g/mol. The zero-order valence-corrected chi connectivity index (χ0v) is 12.0. The minimum Gasteiger partial charge on any atom is -0.383 e. The van der Waals surface area contributed by atoms with Gasteiger partial charge >= 0.3 is 0 Å². The van der Waals surface area contributed by atoms with Crippen molar-refractivity contribution in [1.29, 1.82) is 0 Å². The van der Waals surface area contributed by atoms with Crippen LogP contribution >= 0.6 is 11.8 Å². The molecule has 0 aliphatic heterocycles. The molecule has 0 fully saturated rings. The Bertz CT molecular complexity index is 773. The van der Waals surface area contributed by atoms with Crippen LogP contribution in [0.3, 0.4) is 0 Å². The van der Waals surface area contributed by atoms with Gasteiger partial charge in [-0.2, -0.15) is 0 Å². The Morgan fingerprint density at radius 3 is 2.45 bits per heavy atom. The molecule has 100 valence electrons. The molecule has 2 N–H and O–H groups in total. The Kier molecular flexibility index (Phi) is 3.23. The quantitative estimate of drug-likeness (QED) is 0.575. The van der Waals surface area contributed by atoms with E-state index in [1.54, 1.807) is 6.92 Å². The zero-order chi connectivity index (χ0) is 14.1. The molecule has 0 atom stereocenters. The van der Waals surface area contributed by atoms with Crippen LogP contribution in [-0.4, -0.2) is 26.2 Å². The second-order valence-corrected chi connectivity index (χ2v) is 5.05. The van der Waals surface area contributed by atoms with Gasteiger partial charge in [-0.15, -0.1) is 0 Å². The summed E-state index contributed by atoms with van der Waals surface area (Å²) in [4.78, 5) is 17.6. The third-order valence-electron chi connectivity index (χ3n) is 2.91. The summed E-state index contributed by atoms with van der Waals surface area (Å²) in [5.74, 6) is 1.03. The first kappa shape index (κ1) is 12.8. The van der Waals surface area contributed by atoms with Gasteiger partial charge in [-0.05, 0) is 13.2 Å². The van der Waals surface area contributed by atoms with Crippen molar-refractivity contribution in [2.75, 3.05) is 12.0 Å². The Hall–Kier alpha value is -2.21. The molecule has 0 unspecified atom stereocenters. The van der Waals surface area contributed by atoms with Crippen molar-refractivity contribution in [3.63, 3.8) is 0 Å². The largest absolute Gasteiger partial charge is 0.383 e. The van der Waals surface area contributed by atoms with Crippen molar-refractivity contribution in [3.05, 3.63) is 36.2 Å². The molecule has 0 bridgehead atoms. The predicted molar refractivity (Wildman–Crippen MR) is 81.5 cm³/mol. The number of aryl methyl sites for hydroxylation is 1. The van der Waals surface area contributed by atoms with Crippen molar-refractivity contribution in [2.45, 2.75) is 12.1 Å². The van der Waals surface area contributed by atoms with Gasteiger partial charge < -0.3 is 5.73 Å². The summed E-state index contributed by atoms with van der Waals surface area (Å²) in [6.45, 7) is 1.80. The normalized spacial score (nSPS) is 10.9. The van der Waals surface area contributed by atoms with Crippen LogP contribution in [0.1, 0.15) is 5.82 Å². The molecule has 5 nitrogen and oxygen atoms in total. The van der Waals surface area contributed by atoms with Gasteiger partial charge in [0.25, 0.3) is 0 Å². The van der Waals surface area contributed by atoms with Crippen LogP contribution < -0.4 is 5.73 Å². The predicted octanol–water partition coefficient (Wildman–Crippen LogP) is 2.70. The molecule has 20 heavy (non-hydrogen) atoms. The zero-order valence-electron chi connectivity index (χ0n) is 11.2. The number of hydrogen-bond donors (Lipinski definition) is 1. The summed E-state index contributed by atoms with van der Waals surface area (Å²) in [6, 6.07) is 9.88. The number of nitrogens with two attached hydrogens (primary N) is 1. The molecule has 2 heterocycles. The first-order valence-electron chi connectivity index (χ1n) is 6.10. The first-order valence-corrected chi connectivity index (χ1v) is 7.33. The van der Waals surface area contributed by atoms with Crippen LogP contribution in [0.2, 0.25) is 0 Å². The summed E-state index contributed by atoms with van der Waals surface area (Å²) >= 11 is 1.48. The van der Waals surface area contributed by atoms with Gasteiger partial charge in [0.2, 0.25) is 0 Å². The highest BCUT2D eigenvalue weighted by atomic mass is 32.2. The molecule has 0 spiro atoms. The Balaban J connectivity index is 2.40. The Morgan fingerprint density at radius 1 is 1.00 bits per heavy atom. The van der Waals surface area contributed by atoms with Gasteiger partial charge in [-0.25, -0.2) is 19.9 Å². The number of benzene rings is 1. The average Bonchev–Trinajstić information content (AvgIpc) is 2.46. The van der Waals surface area contributed by atoms with Crippen LogP contribution in [0.15, 0.2) is 35.5 Å². The fraction of sp³-hybridized carbons (Fsp3) is 0.143. The number of nitrogen functional groups attached to an aromatic ring is 1. The summed E-state index contributed by atoms with van der Waals surface area (Å²) in [7, 11) is 0. The topological polar surface area (TPSA) is 77.6 Å². The van der Waals surface area contributed by atoms with Crippen LogP contribution in [0, 0.1) is 6.92 Å². The van der Waals surface area contributed by atoms with Gasteiger partial charge in [-0.1, -0.05) is 42.1 Å². The molecule has 0 saturated carbocycles. The smallest absolute Gasteiger partial charge is 0.189 e. The van der Waals surface area contributed by atoms with Gasteiger partial charge in [0.05, 0.1) is 11.1 Å². The molecular weight excluding hydrogens is 270 g/mol. The van der Waals surface area contributed by atoms with Gasteiger partial charge in [0, 0.05) is 5.56 Å². The Morgan fingerprint density at radius 2 is 1.75 bits per heavy atom. The second-order valence-electron chi connectivity index (χ2n) is 4.28. The van der Waals surface area contributed by atoms with E-state index in [-0.39, 0.29) is 0 Å². The number of fused-ring (bicyclic) bond motifs is 1. The summed E-state index contributed by atoms with van der Waals surface area (Å²) in [5, 5.41) is 1.38. The van der Waals surface area contributed by atoms with Crippen LogP contribution in [0.5, 0.6) is 0 Å². The van der Waals surface area contributed by atoms with Gasteiger partial charge in [0.1, 0.15) is 11.6 Å². The Labute approximate surface area is 120 Å².